The molecule has 2 aromatic carbocycles. The molecule has 0 aliphatic heterocycles. The Morgan fingerprint density at radius 2 is 1.58 bits per heavy atom. The monoisotopic (exact) mass is 255 g/mol. The zero-order valence-electron chi connectivity index (χ0n) is 10.7. The van der Waals surface area contributed by atoms with Gasteiger partial charge in [-0.05, 0) is 11.1 Å². The number of rotatable bonds is 6. The largest absolute Gasteiger partial charge is 0.372 e. The van der Waals surface area contributed by atoms with Crippen molar-refractivity contribution in [2.75, 3.05) is 19.8 Å². The number of carbonyl (C=O) groups is 1. The van der Waals surface area contributed by atoms with Gasteiger partial charge in [-0.2, -0.15) is 0 Å². The first-order chi connectivity index (χ1) is 9.31. The Hall–Kier alpha value is -1.97. The van der Waals surface area contributed by atoms with Crippen molar-refractivity contribution in [1.82, 2.24) is 0 Å². The van der Waals surface area contributed by atoms with Crippen molar-refractivity contribution in [3.63, 3.8) is 0 Å². The zero-order valence-corrected chi connectivity index (χ0v) is 10.7. The highest BCUT2D eigenvalue weighted by Crippen LogP contribution is 2.19. The quantitative estimate of drug-likeness (QED) is 0.637. The minimum absolute atomic E-state index is 0.0203. The molecule has 3 nitrogen and oxygen atoms in total. The summed E-state index contributed by atoms with van der Waals surface area (Å²) in [7, 11) is 0. The van der Waals surface area contributed by atoms with Crippen molar-refractivity contribution < 1.29 is 9.53 Å². The summed E-state index contributed by atoms with van der Waals surface area (Å²) < 4.78 is 5.14. The average Bonchev–Trinajstić information content (AvgIpc) is 2.48. The van der Waals surface area contributed by atoms with E-state index in [1.807, 2.05) is 54.6 Å². The number of hydrogen-bond donors (Lipinski definition) is 1. The maximum Gasteiger partial charge on any atom is 0.188 e. The Balaban J connectivity index is 2.04. The molecule has 0 spiro atoms. The highest BCUT2D eigenvalue weighted by atomic mass is 16.5. The molecule has 0 heterocycles. The smallest absolute Gasteiger partial charge is 0.188 e. The SMILES string of the molecule is NCCOCC(=O)c1ccc(-c2ccccc2)cc1. The maximum absolute atomic E-state index is 11.8. The molecule has 0 saturated carbocycles. The third-order valence-electron chi connectivity index (χ3n) is 2.81. The molecular formula is C16H17NO2. The first kappa shape index (κ1) is 13.5. The Morgan fingerprint density at radius 1 is 0.947 bits per heavy atom. The van der Waals surface area contributed by atoms with Crippen molar-refractivity contribution in [3.05, 3.63) is 60.2 Å². The van der Waals surface area contributed by atoms with Gasteiger partial charge in [0.2, 0.25) is 0 Å². The van der Waals surface area contributed by atoms with E-state index >= 15 is 0 Å². The van der Waals surface area contributed by atoms with Crippen LogP contribution in [0.5, 0.6) is 0 Å². The molecule has 0 amide bonds. The van der Waals surface area contributed by atoms with Crippen LogP contribution in [0.3, 0.4) is 0 Å². The fourth-order valence-electron chi connectivity index (χ4n) is 1.81. The van der Waals surface area contributed by atoms with Crippen LogP contribution in [-0.4, -0.2) is 25.5 Å². The van der Waals surface area contributed by atoms with E-state index in [9.17, 15) is 4.79 Å². The molecule has 19 heavy (non-hydrogen) atoms. The standard InChI is InChI=1S/C16H17NO2/c17-10-11-19-12-16(18)15-8-6-14(7-9-15)13-4-2-1-3-5-13/h1-9H,10-12,17H2. The summed E-state index contributed by atoms with van der Waals surface area (Å²) in [6.45, 7) is 0.927. The van der Waals surface area contributed by atoms with E-state index in [-0.39, 0.29) is 12.4 Å². The summed E-state index contributed by atoms with van der Waals surface area (Å²) in [6, 6.07) is 17.6. The Morgan fingerprint density at radius 3 is 2.21 bits per heavy atom. The summed E-state index contributed by atoms with van der Waals surface area (Å²) in [4.78, 5) is 11.8. The fraction of sp³-hybridized carbons (Fsp3) is 0.188. The molecular weight excluding hydrogens is 238 g/mol. The molecule has 0 bridgehead atoms. The lowest BCUT2D eigenvalue weighted by Gasteiger charge is -2.04. The van der Waals surface area contributed by atoms with E-state index < -0.39 is 0 Å². The molecule has 3 heteroatoms. The van der Waals surface area contributed by atoms with Crippen LogP contribution in [0, 0.1) is 0 Å². The number of hydrogen-bond acceptors (Lipinski definition) is 3. The number of nitrogens with two attached hydrogens (primary N) is 1. The summed E-state index contributed by atoms with van der Waals surface area (Å²) in [5.74, 6) is -0.0203. The second-order valence-electron chi connectivity index (χ2n) is 4.21. The van der Waals surface area contributed by atoms with Crippen molar-refractivity contribution in [2.45, 2.75) is 0 Å². The number of ether oxygens (including phenoxy) is 1. The van der Waals surface area contributed by atoms with E-state index in [1.54, 1.807) is 0 Å². The molecule has 0 aliphatic carbocycles. The average molecular weight is 255 g/mol. The van der Waals surface area contributed by atoms with E-state index in [0.717, 1.165) is 11.1 Å². The third-order valence-corrected chi connectivity index (χ3v) is 2.81. The van der Waals surface area contributed by atoms with Gasteiger partial charge < -0.3 is 10.5 Å². The van der Waals surface area contributed by atoms with Gasteiger partial charge in [0.25, 0.3) is 0 Å². The van der Waals surface area contributed by atoms with Crippen LogP contribution in [0.25, 0.3) is 11.1 Å². The van der Waals surface area contributed by atoms with Crippen LogP contribution in [0.15, 0.2) is 54.6 Å². The molecule has 2 rings (SSSR count). The fourth-order valence-corrected chi connectivity index (χ4v) is 1.81. The van der Waals surface area contributed by atoms with E-state index in [4.69, 9.17) is 10.5 Å². The lowest BCUT2D eigenvalue weighted by molar-refractivity contribution is 0.0774. The van der Waals surface area contributed by atoms with Gasteiger partial charge >= 0.3 is 0 Å². The Bertz CT molecular complexity index is 520. The molecule has 2 N–H and O–H groups in total. The molecule has 0 aromatic heterocycles. The third kappa shape index (κ3) is 3.74. The van der Waals surface area contributed by atoms with Crippen molar-refractivity contribution in [3.8, 4) is 11.1 Å². The molecule has 0 aliphatic rings. The van der Waals surface area contributed by atoms with Gasteiger partial charge in [0.05, 0.1) is 6.61 Å². The van der Waals surface area contributed by atoms with Crippen LogP contribution < -0.4 is 5.73 Å². The molecule has 0 saturated heterocycles. The second kappa shape index (κ2) is 6.83. The molecule has 0 radical (unpaired) electrons. The van der Waals surface area contributed by atoms with Crippen molar-refractivity contribution >= 4 is 5.78 Å². The van der Waals surface area contributed by atoms with E-state index in [1.165, 1.54) is 0 Å². The number of benzene rings is 2. The van der Waals surface area contributed by atoms with Gasteiger partial charge in [0, 0.05) is 12.1 Å². The van der Waals surface area contributed by atoms with Crippen molar-refractivity contribution in [1.29, 1.82) is 0 Å². The highest BCUT2D eigenvalue weighted by molar-refractivity contribution is 5.97. The van der Waals surface area contributed by atoms with E-state index in [0.29, 0.717) is 18.7 Å². The lowest BCUT2D eigenvalue weighted by atomic mass is 10.0. The van der Waals surface area contributed by atoms with Crippen LogP contribution in [0.4, 0.5) is 0 Å². The van der Waals surface area contributed by atoms with Gasteiger partial charge in [-0.15, -0.1) is 0 Å². The number of Topliss-reactive ketones (excluding diaryl/α,β-unsaturated/α-hetero) is 1. The first-order valence-corrected chi connectivity index (χ1v) is 6.28. The molecule has 0 unspecified atom stereocenters. The van der Waals surface area contributed by atoms with Crippen molar-refractivity contribution in [2.24, 2.45) is 5.73 Å². The summed E-state index contributed by atoms with van der Waals surface area (Å²) >= 11 is 0. The molecule has 0 atom stereocenters. The van der Waals surface area contributed by atoms with Crippen LogP contribution in [0.2, 0.25) is 0 Å². The first-order valence-electron chi connectivity index (χ1n) is 6.28. The normalized spacial score (nSPS) is 10.4. The molecule has 98 valence electrons. The molecule has 0 fully saturated rings. The number of carbonyl (C=O) groups excluding carboxylic acids is 1. The minimum Gasteiger partial charge on any atom is -0.372 e. The van der Waals surface area contributed by atoms with Gasteiger partial charge in [-0.25, -0.2) is 0 Å². The van der Waals surface area contributed by atoms with E-state index in [2.05, 4.69) is 0 Å². The lowest BCUT2D eigenvalue weighted by Crippen LogP contribution is -2.14. The van der Waals surface area contributed by atoms with Gasteiger partial charge in [0.1, 0.15) is 6.61 Å². The Kier molecular flexibility index (Phi) is 4.84. The van der Waals surface area contributed by atoms with Crippen LogP contribution in [-0.2, 0) is 4.74 Å². The highest BCUT2D eigenvalue weighted by Gasteiger charge is 2.06. The zero-order chi connectivity index (χ0) is 13.5. The van der Waals surface area contributed by atoms with Crippen LogP contribution >= 0.6 is 0 Å². The van der Waals surface area contributed by atoms with Crippen LogP contribution in [0.1, 0.15) is 10.4 Å². The summed E-state index contributed by atoms with van der Waals surface area (Å²) in [6.07, 6.45) is 0. The topological polar surface area (TPSA) is 52.3 Å². The second-order valence-corrected chi connectivity index (χ2v) is 4.21. The molecule has 2 aromatic rings. The maximum atomic E-state index is 11.8. The predicted molar refractivity (Wildman–Crippen MR) is 76.1 cm³/mol. The van der Waals surface area contributed by atoms with Gasteiger partial charge in [-0.1, -0.05) is 54.6 Å². The number of ketones is 1. The minimum atomic E-state index is -0.0203. The van der Waals surface area contributed by atoms with Gasteiger partial charge in [0.15, 0.2) is 5.78 Å². The van der Waals surface area contributed by atoms with Gasteiger partial charge in [-0.3, -0.25) is 4.79 Å². The summed E-state index contributed by atoms with van der Waals surface area (Å²) in [5, 5.41) is 0. The summed E-state index contributed by atoms with van der Waals surface area (Å²) in [5.41, 5.74) is 8.20. The Labute approximate surface area is 113 Å². The predicted octanol–water partition coefficient (Wildman–Crippen LogP) is 2.51.